The highest BCUT2D eigenvalue weighted by Gasteiger charge is 2.22. The number of benzene rings is 2. The third-order valence-corrected chi connectivity index (χ3v) is 7.58. The molecule has 2 heterocycles. The fraction of sp³-hybridized carbons (Fsp3) is 0.333. The van der Waals surface area contributed by atoms with Crippen LogP contribution in [0.5, 0.6) is 0 Å². The minimum absolute atomic E-state index is 0.0979. The van der Waals surface area contributed by atoms with Crippen LogP contribution in [0.1, 0.15) is 28.4 Å². The summed E-state index contributed by atoms with van der Waals surface area (Å²) in [4.78, 5) is 21.4. The number of aromatic carboxylic acids is 1. The molecule has 33 heavy (non-hydrogen) atoms. The van der Waals surface area contributed by atoms with Gasteiger partial charge in [-0.2, -0.15) is 0 Å². The maximum absolute atomic E-state index is 13.0. The highest BCUT2D eigenvalue weighted by molar-refractivity contribution is 7.92. The average molecular weight is 469 g/mol. The van der Waals surface area contributed by atoms with Crippen molar-refractivity contribution in [3.63, 3.8) is 0 Å². The Hall–Kier alpha value is -3.17. The fourth-order valence-electron chi connectivity index (χ4n) is 4.11. The Kier molecular flexibility index (Phi) is 6.27. The van der Waals surface area contributed by atoms with Crippen molar-refractivity contribution in [2.45, 2.75) is 25.7 Å². The summed E-state index contributed by atoms with van der Waals surface area (Å²) in [5, 5.41) is 10.2. The summed E-state index contributed by atoms with van der Waals surface area (Å²) in [5.41, 5.74) is 2.37. The van der Waals surface area contributed by atoms with Gasteiger partial charge in [0.15, 0.2) is 0 Å². The molecular weight excluding hydrogens is 440 g/mol. The van der Waals surface area contributed by atoms with Crippen LogP contribution in [0, 0.1) is 13.8 Å². The predicted octanol–water partition coefficient (Wildman–Crippen LogP) is 3.49. The highest BCUT2D eigenvalue weighted by Crippen LogP contribution is 2.28. The molecule has 0 spiro atoms. The lowest BCUT2D eigenvalue weighted by atomic mass is 10.1. The Bertz CT molecular complexity index is 1320. The minimum atomic E-state index is -3.83. The molecule has 1 aromatic heterocycles. The van der Waals surface area contributed by atoms with Crippen LogP contribution in [-0.2, 0) is 10.0 Å². The van der Waals surface area contributed by atoms with Crippen molar-refractivity contribution < 1.29 is 18.3 Å². The first-order valence-corrected chi connectivity index (χ1v) is 12.4. The van der Waals surface area contributed by atoms with Gasteiger partial charge in [0.05, 0.1) is 16.0 Å². The number of nitrogens with one attached hydrogen (secondary N) is 1. The average Bonchev–Trinajstić information content (AvgIpc) is 2.79. The molecule has 0 bridgehead atoms. The number of anilines is 2. The van der Waals surface area contributed by atoms with E-state index in [1.54, 1.807) is 37.3 Å². The molecule has 4 rings (SSSR count). The van der Waals surface area contributed by atoms with Crippen LogP contribution >= 0.6 is 0 Å². The number of aromatic nitrogens is 1. The van der Waals surface area contributed by atoms with Crippen LogP contribution in [0.4, 0.5) is 11.5 Å². The second-order valence-electron chi connectivity index (χ2n) is 8.36. The number of rotatable bonds is 6. The lowest BCUT2D eigenvalue weighted by molar-refractivity contribution is 0.0699. The smallest absolute Gasteiger partial charge is 0.336 e. The van der Waals surface area contributed by atoms with E-state index in [-0.39, 0.29) is 16.1 Å². The van der Waals surface area contributed by atoms with Crippen molar-refractivity contribution >= 4 is 38.4 Å². The van der Waals surface area contributed by atoms with Gasteiger partial charge >= 0.3 is 5.97 Å². The van der Waals surface area contributed by atoms with Crippen LogP contribution in [0.15, 0.2) is 47.4 Å². The molecule has 0 aliphatic carbocycles. The summed E-state index contributed by atoms with van der Waals surface area (Å²) >= 11 is 0. The van der Waals surface area contributed by atoms with E-state index >= 15 is 0 Å². The van der Waals surface area contributed by atoms with Crippen molar-refractivity contribution in [2.75, 3.05) is 42.3 Å². The Morgan fingerprint density at radius 2 is 1.79 bits per heavy atom. The normalized spacial score (nSPS) is 15.1. The molecule has 9 heteroatoms. The van der Waals surface area contributed by atoms with Gasteiger partial charge in [-0.05, 0) is 61.9 Å². The Labute approximate surface area is 193 Å². The van der Waals surface area contributed by atoms with E-state index in [1.807, 2.05) is 13.0 Å². The second-order valence-corrected chi connectivity index (χ2v) is 10.0. The molecule has 8 nitrogen and oxygen atoms in total. The number of sulfonamides is 1. The van der Waals surface area contributed by atoms with Crippen LogP contribution in [-0.4, -0.2) is 62.1 Å². The predicted molar refractivity (Wildman–Crippen MR) is 130 cm³/mol. The molecule has 1 saturated heterocycles. The number of fused-ring (bicyclic) bond motifs is 1. The number of carboxylic acids is 1. The maximum Gasteiger partial charge on any atom is 0.336 e. The number of hydrogen-bond acceptors (Lipinski definition) is 6. The standard InChI is InChI=1S/C24H28N4O4S/c1-4-27-9-11-28(12-10-27)23-15-20(24(29)30)19-14-18(7-8-21(19)25-23)26-33(31,32)22-13-16(2)5-6-17(22)3/h5-8,13-15,26H,4,9-12H2,1-3H3,(H,29,30). The van der Waals surface area contributed by atoms with Gasteiger partial charge in [0.2, 0.25) is 0 Å². The first kappa shape index (κ1) is 23.0. The number of hydrogen-bond donors (Lipinski definition) is 2. The molecule has 0 atom stereocenters. The van der Waals surface area contributed by atoms with Crippen molar-refractivity contribution in [1.82, 2.24) is 9.88 Å². The van der Waals surface area contributed by atoms with Crippen LogP contribution in [0.25, 0.3) is 10.9 Å². The van der Waals surface area contributed by atoms with Gasteiger partial charge in [0.1, 0.15) is 5.82 Å². The molecule has 1 fully saturated rings. The Morgan fingerprint density at radius 3 is 2.45 bits per heavy atom. The molecule has 0 amide bonds. The van der Waals surface area contributed by atoms with Gasteiger partial charge in [0.25, 0.3) is 10.0 Å². The number of aryl methyl sites for hydroxylation is 2. The first-order chi connectivity index (χ1) is 15.7. The van der Waals surface area contributed by atoms with Gasteiger partial charge in [-0.1, -0.05) is 19.1 Å². The highest BCUT2D eigenvalue weighted by atomic mass is 32.2. The van der Waals surface area contributed by atoms with Crippen LogP contribution < -0.4 is 9.62 Å². The van der Waals surface area contributed by atoms with E-state index < -0.39 is 16.0 Å². The van der Waals surface area contributed by atoms with E-state index in [4.69, 9.17) is 0 Å². The third-order valence-electron chi connectivity index (χ3n) is 6.05. The van der Waals surface area contributed by atoms with Gasteiger partial charge in [-0.25, -0.2) is 18.2 Å². The number of piperazine rings is 1. The fourth-order valence-corrected chi connectivity index (χ4v) is 5.49. The maximum atomic E-state index is 13.0. The molecule has 3 aromatic rings. The molecule has 2 N–H and O–H groups in total. The molecule has 1 aliphatic rings. The number of carboxylic acid groups (broad SMARTS) is 1. The summed E-state index contributed by atoms with van der Waals surface area (Å²) < 4.78 is 28.6. The molecule has 0 unspecified atom stereocenters. The van der Waals surface area contributed by atoms with Crippen molar-refractivity contribution in [3.8, 4) is 0 Å². The molecular formula is C24H28N4O4S. The second kappa shape index (κ2) is 8.99. The van der Waals surface area contributed by atoms with Crippen molar-refractivity contribution in [2.24, 2.45) is 0 Å². The number of nitrogens with zero attached hydrogens (tertiary/aromatic N) is 3. The lowest BCUT2D eigenvalue weighted by Crippen LogP contribution is -2.46. The molecule has 1 aliphatic heterocycles. The topological polar surface area (TPSA) is 103 Å². The minimum Gasteiger partial charge on any atom is -0.478 e. The molecule has 0 radical (unpaired) electrons. The number of likely N-dealkylation sites (N-methyl/N-ethyl adjacent to an activating group) is 1. The van der Waals surface area contributed by atoms with E-state index in [9.17, 15) is 18.3 Å². The summed E-state index contributed by atoms with van der Waals surface area (Å²) in [7, 11) is -3.83. The largest absolute Gasteiger partial charge is 0.478 e. The molecule has 2 aromatic carbocycles. The monoisotopic (exact) mass is 468 g/mol. The first-order valence-electron chi connectivity index (χ1n) is 10.9. The quantitative estimate of drug-likeness (QED) is 0.571. The zero-order chi connectivity index (χ0) is 23.8. The van der Waals surface area contributed by atoms with Crippen molar-refractivity contribution in [3.05, 3.63) is 59.2 Å². The Balaban J connectivity index is 1.69. The molecule has 0 saturated carbocycles. The van der Waals surface area contributed by atoms with Gasteiger partial charge in [-0.3, -0.25) is 4.72 Å². The van der Waals surface area contributed by atoms with E-state index in [0.29, 0.717) is 22.3 Å². The summed E-state index contributed by atoms with van der Waals surface area (Å²) in [6.07, 6.45) is 0. The van der Waals surface area contributed by atoms with E-state index in [1.165, 1.54) is 6.07 Å². The summed E-state index contributed by atoms with van der Waals surface area (Å²) in [5.74, 6) is -0.454. The molecule has 174 valence electrons. The van der Waals surface area contributed by atoms with E-state index in [0.717, 1.165) is 38.3 Å². The summed E-state index contributed by atoms with van der Waals surface area (Å²) in [6, 6.07) is 11.6. The zero-order valence-electron chi connectivity index (χ0n) is 19.0. The van der Waals surface area contributed by atoms with E-state index in [2.05, 4.69) is 26.4 Å². The van der Waals surface area contributed by atoms with Crippen LogP contribution in [0.3, 0.4) is 0 Å². The van der Waals surface area contributed by atoms with Crippen molar-refractivity contribution in [1.29, 1.82) is 0 Å². The number of carbonyl (C=O) groups is 1. The van der Waals surface area contributed by atoms with Gasteiger partial charge in [-0.15, -0.1) is 0 Å². The number of pyridine rings is 1. The third kappa shape index (κ3) is 4.79. The Morgan fingerprint density at radius 1 is 1.06 bits per heavy atom. The zero-order valence-corrected chi connectivity index (χ0v) is 19.8. The SMILES string of the molecule is CCN1CCN(c2cc(C(=O)O)c3cc(NS(=O)(=O)c4cc(C)ccc4C)ccc3n2)CC1. The van der Waals surface area contributed by atoms with Gasteiger partial charge in [0, 0.05) is 37.3 Å². The lowest BCUT2D eigenvalue weighted by Gasteiger charge is -2.35. The van der Waals surface area contributed by atoms with Crippen LogP contribution in [0.2, 0.25) is 0 Å². The van der Waals surface area contributed by atoms with Gasteiger partial charge < -0.3 is 14.9 Å². The summed E-state index contributed by atoms with van der Waals surface area (Å²) in [6.45, 7) is 10.0.